The second-order valence-corrected chi connectivity index (χ2v) is 6.30. The van der Waals surface area contributed by atoms with Gasteiger partial charge in [-0.25, -0.2) is 0 Å². The highest BCUT2D eigenvalue weighted by Gasteiger charge is 2.16. The van der Waals surface area contributed by atoms with Crippen LogP contribution in [0.5, 0.6) is 0 Å². The normalized spacial score (nSPS) is 17.0. The van der Waals surface area contributed by atoms with Crippen molar-refractivity contribution in [3.63, 3.8) is 0 Å². The van der Waals surface area contributed by atoms with Crippen molar-refractivity contribution < 1.29 is 0 Å². The van der Waals surface area contributed by atoms with E-state index in [1.54, 1.807) is 0 Å². The maximum absolute atomic E-state index is 9.14. The zero-order valence-corrected chi connectivity index (χ0v) is 11.5. The molecule has 84 valence electrons. The van der Waals surface area contributed by atoms with Gasteiger partial charge < -0.3 is 0 Å². The van der Waals surface area contributed by atoms with E-state index >= 15 is 0 Å². The highest BCUT2D eigenvalue weighted by atomic mass is 79.9. The molecule has 0 N–H and O–H groups in total. The van der Waals surface area contributed by atoms with Crippen LogP contribution in [0.1, 0.15) is 37.7 Å². The molecule has 0 heterocycles. The summed E-state index contributed by atoms with van der Waals surface area (Å²) in [7, 11) is 0. The summed E-state index contributed by atoms with van der Waals surface area (Å²) >= 11 is 5.31. The molecule has 0 spiro atoms. The first-order valence-corrected chi connectivity index (χ1v) is 7.34. The van der Waals surface area contributed by atoms with Gasteiger partial charge in [0.15, 0.2) is 0 Å². The molecule has 2 rings (SSSR count). The van der Waals surface area contributed by atoms with Crippen LogP contribution in [0.3, 0.4) is 0 Å². The van der Waals surface area contributed by atoms with Crippen molar-refractivity contribution in [1.82, 2.24) is 0 Å². The monoisotopic (exact) mass is 295 g/mol. The summed E-state index contributed by atoms with van der Waals surface area (Å²) in [5, 5.41) is 9.84. The molecule has 0 atom stereocenters. The van der Waals surface area contributed by atoms with Crippen LogP contribution in [0.4, 0.5) is 0 Å². The number of thioether (sulfide) groups is 1. The first-order valence-electron chi connectivity index (χ1n) is 5.66. The lowest BCUT2D eigenvalue weighted by Crippen LogP contribution is -2.08. The lowest BCUT2D eigenvalue weighted by molar-refractivity contribution is 0.516. The lowest BCUT2D eigenvalue weighted by Gasteiger charge is -2.21. The molecule has 16 heavy (non-hydrogen) atoms. The fraction of sp³-hybridized carbons (Fsp3) is 0.462. The highest BCUT2D eigenvalue weighted by molar-refractivity contribution is 9.10. The predicted octanol–water partition coefficient (Wildman–Crippen LogP) is 4.75. The summed E-state index contributed by atoms with van der Waals surface area (Å²) in [5.74, 6) is 0. The van der Waals surface area contributed by atoms with Gasteiger partial charge in [-0.05, 0) is 40.9 Å². The average Bonchev–Trinajstić information content (AvgIpc) is 2.31. The molecule has 0 amide bonds. The van der Waals surface area contributed by atoms with Gasteiger partial charge in [0.2, 0.25) is 0 Å². The van der Waals surface area contributed by atoms with Crippen molar-refractivity contribution in [2.75, 3.05) is 0 Å². The van der Waals surface area contributed by atoms with Crippen molar-refractivity contribution >= 4 is 27.7 Å². The van der Waals surface area contributed by atoms with E-state index < -0.39 is 0 Å². The van der Waals surface area contributed by atoms with Crippen LogP contribution < -0.4 is 0 Å². The average molecular weight is 296 g/mol. The first-order chi connectivity index (χ1) is 7.81. The Morgan fingerprint density at radius 2 is 2.00 bits per heavy atom. The van der Waals surface area contributed by atoms with E-state index in [-0.39, 0.29) is 0 Å². The highest BCUT2D eigenvalue weighted by Crippen LogP contribution is 2.36. The van der Waals surface area contributed by atoms with Crippen molar-refractivity contribution in [3.8, 4) is 6.07 Å². The number of benzene rings is 1. The number of nitriles is 1. The van der Waals surface area contributed by atoms with Crippen LogP contribution in [0.15, 0.2) is 27.6 Å². The van der Waals surface area contributed by atoms with Crippen molar-refractivity contribution in [3.05, 3.63) is 28.2 Å². The second-order valence-electron chi connectivity index (χ2n) is 4.10. The van der Waals surface area contributed by atoms with Crippen LogP contribution in [-0.4, -0.2) is 5.25 Å². The fourth-order valence-electron chi connectivity index (χ4n) is 2.07. The molecule has 1 nitrogen and oxygen atoms in total. The largest absolute Gasteiger partial charge is 0.192 e. The summed E-state index contributed by atoms with van der Waals surface area (Å²) < 4.78 is 0.913. The van der Waals surface area contributed by atoms with E-state index in [2.05, 4.69) is 28.1 Å². The van der Waals surface area contributed by atoms with E-state index in [1.807, 2.05) is 23.9 Å². The topological polar surface area (TPSA) is 23.8 Å². The van der Waals surface area contributed by atoms with E-state index in [4.69, 9.17) is 5.26 Å². The third-order valence-electron chi connectivity index (χ3n) is 2.93. The van der Waals surface area contributed by atoms with Crippen LogP contribution in [0.25, 0.3) is 0 Å². The SMILES string of the molecule is N#Cc1c(Br)cccc1SC1CCCCC1. The molecule has 0 bridgehead atoms. The Morgan fingerprint density at radius 1 is 1.25 bits per heavy atom. The van der Waals surface area contributed by atoms with Crippen LogP contribution in [0, 0.1) is 11.3 Å². The van der Waals surface area contributed by atoms with E-state index in [1.165, 1.54) is 32.1 Å². The Kier molecular flexibility index (Phi) is 4.31. The minimum atomic E-state index is 0.704. The maximum atomic E-state index is 9.14. The molecule has 1 aromatic rings. The molecule has 0 aromatic heterocycles. The Labute approximate surface area is 109 Å². The Balaban J connectivity index is 2.14. The van der Waals surface area contributed by atoms with Crippen molar-refractivity contribution in [1.29, 1.82) is 5.26 Å². The summed E-state index contributed by atoms with van der Waals surface area (Å²) in [6.45, 7) is 0. The van der Waals surface area contributed by atoms with Gasteiger partial charge in [-0.2, -0.15) is 5.26 Å². The summed E-state index contributed by atoms with van der Waals surface area (Å²) in [6, 6.07) is 8.29. The van der Waals surface area contributed by atoms with Gasteiger partial charge in [-0.1, -0.05) is 25.3 Å². The number of hydrogen-bond acceptors (Lipinski definition) is 2. The molecular formula is C13H14BrNS. The molecule has 0 unspecified atom stereocenters. The summed E-state index contributed by atoms with van der Waals surface area (Å²) in [6.07, 6.45) is 6.64. The van der Waals surface area contributed by atoms with Crippen molar-refractivity contribution in [2.45, 2.75) is 42.2 Å². The third-order valence-corrected chi connectivity index (χ3v) is 4.99. The molecule has 1 aromatic carbocycles. The molecule has 1 aliphatic rings. The van der Waals surface area contributed by atoms with Gasteiger partial charge in [0, 0.05) is 14.6 Å². The number of nitrogens with zero attached hydrogens (tertiary/aromatic N) is 1. The smallest absolute Gasteiger partial charge is 0.101 e. The van der Waals surface area contributed by atoms with E-state index in [0.717, 1.165) is 14.9 Å². The molecule has 1 aliphatic carbocycles. The number of hydrogen-bond donors (Lipinski definition) is 0. The fourth-order valence-corrected chi connectivity index (χ4v) is 4.02. The molecule has 3 heteroatoms. The minimum Gasteiger partial charge on any atom is -0.192 e. The van der Waals surface area contributed by atoms with Gasteiger partial charge in [-0.15, -0.1) is 11.8 Å². The number of halogens is 1. The van der Waals surface area contributed by atoms with E-state index in [0.29, 0.717) is 5.25 Å². The van der Waals surface area contributed by atoms with Gasteiger partial charge >= 0.3 is 0 Å². The molecule has 0 saturated heterocycles. The molecule has 0 radical (unpaired) electrons. The second kappa shape index (κ2) is 5.75. The van der Waals surface area contributed by atoms with Gasteiger partial charge in [0.25, 0.3) is 0 Å². The summed E-state index contributed by atoms with van der Waals surface area (Å²) in [5.41, 5.74) is 0.790. The zero-order valence-electron chi connectivity index (χ0n) is 9.08. The maximum Gasteiger partial charge on any atom is 0.101 e. The molecule has 1 saturated carbocycles. The van der Waals surface area contributed by atoms with Crippen LogP contribution >= 0.6 is 27.7 Å². The Hall–Kier alpha value is -0.460. The standard InChI is InChI=1S/C13H14BrNS/c14-12-7-4-8-13(11(12)9-15)16-10-5-2-1-3-6-10/h4,7-8,10H,1-3,5-6H2. The third kappa shape index (κ3) is 2.81. The van der Waals surface area contributed by atoms with Gasteiger partial charge in [0.1, 0.15) is 6.07 Å². The predicted molar refractivity (Wildman–Crippen MR) is 71.6 cm³/mol. The summed E-state index contributed by atoms with van der Waals surface area (Å²) in [4.78, 5) is 1.13. The van der Waals surface area contributed by atoms with E-state index in [9.17, 15) is 0 Å². The Morgan fingerprint density at radius 3 is 2.69 bits per heavy atom. The van der Waals surface area contributed by atoms with Gasteiger partial charge in [0.05, 0.1) is 5.56 Å². The van der Waals surface area contributed by atoms with Crippen molar-refractivity contribution in [2.24, 2.45) is 0 Å². The van der Waals surface area contributed by atoms with Crippen LogP contribution in [0.2, 0.25) is 0 Å². The first kappa shape index (κ1) is 12.0. The molecule has 0 aliphatic heterocycles. The van der Waals surface area contributed by atoms with Crippen LogP contribution in [-0.2, 0) is 0 Å². The molecular weight excluding hydrogens is 282 g/mol. The number of rotatable bonds is 2. The zero-order chi connectivity index (χ0) is 11.4. The quantitative estimate of drug-likeness (QED) is 0.786. The Bertz CT molecular complexity index is 405. The minimum absolute atomic E-state index is 0.704. The lowest BCUT2D eigenvalue weighted by atomic mass is 10.0. The molecule has 1 fully saturated rings. The van der Waals surface area contributed by atoms with Gasteiger partial charge in [-0.3, -0.25) is 0 Å².